The van der Waals surface area contributed by atoms with Gasteiger partial charge >= 0.3 is 0 Å². The van der Waals surface area contributed by atoms with Crippen LogP contribution in [-0.4, -0.2) is 29.5 Å². The van der Waals surface area contributed by atoms with Gasteiger partial charge in [-0.15, -0.1) is 11.8 Å². The summed E-state index contributed by atoms with van der Waals surface area (Å²) in [5.41, 5.74) is 2.94. The molecular weight excluding hydrogens is 344 g/mol. The number of nitrogens with one attached hydrogen (secondary N) is 1. The van der Waals surface area contributed by atoms with E-state index in [0.29, 0.717) is 19.5 Å². The number of hydrogen-bond acceptors (Lipinski definition) is 3. The van der Waals surface area contributed by atoms with Crippen LogP contribution in [0.2, 0.25) is 0 Å². The third-order valence-corrected chi connectivity index (χ3v) is 5.41. The predicted molar refractivity (Wildman–Crippen MR) is 105 cm³/mol. The summed E-state index contributed by atoms with van der Waals surface area (Å²) in [6, 6.07) is 15.4. The molecule has 1 aliphatic rings. The van der Waals surface area contributed by atoms with E-state index in [1.54, 1.807) is 16.7 Å². The van der Waals surface area contributed by atoms with Crippen LogP contribution in [0.4, 0.5) is 0 Å². The van der Waals surface area contributed by atoms with E-state index in [-0.39, 0.29) is 11.8 Å². The van der Waals surface area contributed by atoms with Gasteiger partial charge < -0.3 is 10.2 Å². The van der Waals surface area contributed by atoms with E-state index in [9.17, 15) is 9.59 Å². The maximum atomic E-state index is 13.0. The number of thioether (sulfide) groups is 1. The van der Waals surface area contributed by atoms with Crippen LogP contribution in [0.25, 0.3) is 0 Å². The molecule has 0 saturated carbocycles. The largest absolute Gasteiger partial charge is 0.350 e. The van der Waals surface area contributed by atoms with Gasteiger partial charge in [-0.05, 0) is 41.5 Å². The molecule has 1 atom stereocenters. The first-order valence-corrected chi connectivity index (χ1v) is 10.1. The molecule has 5 heteroatoms. The Balaban J connectivity index is 1.79. The lowest BCUT2D eigenvalue weighted by Crippen LogP contribution is -2.47. The summed E-state index contributed by atoms with van der Waals surface area (Å²) in [4.78, 5) is 28.4. The number of fused-ring (bicyclic) bond motifs is 1. The number of benzene rings is 2. The average Bonchev–Trinajstić information content (AvgIpc) is 2.67. The Morgan fingerprint density at radius 3 is 2.62 bits per heavy atom. The van der Waals surface area contributed by atoms with Gasteiger partial charge in [-0.1, -0.05) is 43.3 Å². The van der Waals surface area contributed by atoms with Crippen LogP contribution in [0.3, 0.4) is 0 Å². The van der Waals surface area contributed by atoms with Crippen molar-refractivity contribution in [1.82, 2.24) is 10.2 Å². The van der Waals surface area contributed by atoms with Crippen molar-refractivity contribution in [3.8, 4) is 0 Å². The summed E-state index contributed by atoms with van der Waals surface area (Å²) < 4.78 is 0. The summed E-state index contributed by atoms with van der Waals surface area (Å²) in [5.74, 6) is -0.0945. The van der Waals surface area contributed by atoms with Crippen LogP contribution in [0.1, 0.15) is 36.1 Å². The van der Waals surface area contributed by atoms with Gasteiger partial charge in [0.05, 0.1) is 6.42 Å². The van der Waals surface area contributed by atoms with Gasteiger partial charge in [0.1, 0.15) is 6.04 Å². The number of carbonyl (C=O) groups is 2. The average molecular weight is 369 g/mol. The zero-order valence-electron chi connectivity index (χ0n) is 15.2. The number of nitrogens with zero attached hydrogens (tertiary/aromatic N) is 1. The lowest BCUT2D eigenvalue weighted by Gasteiger charge is -2.36. The molecule has 0 spiro atoms. The molecule has 0 bridgehead atoms. The van der Waals surface area contributed by atoms with E-state index in [2.05, 4.69) is 17.4 Å². The van der Waals surface area contributed by atoms with Gasteiger partial charge in [0, 0.05) is 18.0 Å². The molecule has 2 aromatic rings. The second kappa shape index (κ2) is 8.41. The van der Waals surface area contributed by atoms with Crippen LogP contribution >= 0.6 is 11.8 Å². The summed E-state index contributed by atoms with van der Waals surface area (Å²) in [7, 11) is 0. The summed E-state index contributed by atoms with van der Waals surface area (Å²) in [6.45, 7) is 3.07. The highest BCUT2D eigenvalue weighted by molar-refractivity contribution is 7.98. The maximum Gasteiger partial charge on any atom is 0.247 e. The Morgan fingerprint density at radius 2 is 1.92 bits per heavy atom. The monoisotopic (exact) mass is 368 g/mol. The molecule has 0 aliphatic carbocycles. The van der Waals surface area contributed by atoms with E-state index < -0.39 is 6.04 Å². The van der Waals surface area contributed by atoms with Crippen molar-refractivity contribution in [3.63, 3.8) is 0 Å². The Labute approximate surface area is 159 Å². The highest BCUT2D eigenvalue weighted by Crippen LogP contribution is 2.30. The van der Waals surface area contributed by atoms with E-state index >= 15 is 0 Å². The number of carbonyl (C=O) groups excluding carboxylic acids is 2. The van der Waals surface area contributed by atoms with Gasteiger partial charge in [0.15, 0.2) is 0 Å². The van der Waals surface area contributed by atoms with Crippen molar-refractivity contribution >= 4 is 23.6 Å². The molecule has 136 valence electrons. The van der Waals surface area contributed by atoms with Crippen molar-refractivity contribution in [2.45, 2.75) is 37.2 Å². The van der Waals surface area contributed by atoms with Crippen LogP contribution in [0, 0.1) is 0 Å². The van der Waals surface area contributed by atoms with Crippen LogP contribution in [0.5, 0.6) is 0 Å². The first-order chi connectivity index (χ1) is 12.6. The molecule has 2 amide bonds. The van der Waals surface area contributed by atoms with Crippen molar-refractivity contribution in [3.05, 3.63) is 65.2 Å². The zero-order chi connectivity index (χ0) is 18.5. The smallest absolute Gasteiger partial charge is 0.247 e. The molecule has 4 nitrogen and oxygen atoms in total. The first kappa shape index (κ1) is 18.5. The van der Waals surface area contributed by atoms with Crippen molar-refractivity contribution in [2.24, 2.45) is 0 Å². The summed E-state index contributed by atoms with van der Waals surface area (Å²) in [6.07, 6.45) is 3.24. The normalized spacial score (nSPS) is 16.3. The Hall–Kier alpha value is -2.27. The molecule has 0 radical (unpaired) electrons. The zero-order valence-corrected chi connectivity index (χ0v) is 16.0. The second-order valence-electron chi connectivity index (χ2n) is 6.43. The molecule has 2 aromatic carbocycles. The fraction of sp³-hybridized carbons (Fsp3) is 0.333. The van der Waals surface area contributed by atoms with Crippen molar-refractivity contribution < 1.29 is 9.59 Å². The molecule has 0 aromatic heterocycles. The van der Waals surface area contributed by atoms with Crippen molar-refractivity contribution in [2.75, 3.05) is 12.8 Å². The lowest BCUT2D eigenvalue weighted by molar-refractivity contribution is -0.141. The Kier molecular flexibility index (Phi) is 5.99. The Morgan fingerprint density at radius 1 is 1.19 bits per heavy atom. The highest BCUT2D eigenvalue weighted by Gasteiger charge is 2.36. The van der Waals surface area contributed by atoms with Crippen LogP contribution in [-0.2, 0) is 22.6 Å². The molecule has 26 heavy (non-hydrogen) atoms. The van der Waals surface area contributed by atoms with Gasteiger partial charge in [-0.25, -0.2) is 0 Å². The first-order valence-electron chi connectivity index (χ1n) is 8.92. The standard InChI is InChI=1S/C21H24N2O2S/c1-3-12-23-19(24)13-16-6-4-5-7-18(16)20(23)21(25)22-14-15-8-10-17(26-2)11-9-15/h4-11,20H,3,12-14H2,1-2H3,(H,22,25)/t20-/m0/s1. The maximum absolute atomic E-state index is 13.0. The van der Waals surface area contributed by atoms with E-state index in [0.717, 1.165) is 23.1 Å². The molecular formula is C21H24N2O2S. The highest BCUT2D eigenvalue weighted by atomic mass is 32.2. The minimum atomic E-state index is -0.544. The third-order valence-electron chi connectivity index (χ3n) is 4.66. The fourth-order valence-corrected chi connectivity index (χ4v) is 3.75. The predicted octanol–water partition coefficient (Wildman–Crippen LogP) is 3.56. The van der Waals surface area contributed by atoms with E-state index in [1.807, 2.05) is 49.6 Å². The number of hydrogen-bond donors (Lipinski definition) is 1. The molecule has 0 fully saturated rings. The van der Waals surface area contributed by atoms with Crippen LogP contribution in [0.15, 0.2) is 53.4 Å². The summed E-state index contributed by atoms with van der Waals surface area (Å²) >= 11 is 1.69. The van der Waals surface area contributed by atoms with Crippen LogP contribution < -0.4 is 5.32 Å². The molecule has 1 aliphatic heterocycles. The number of amides is 2. The van der Waals surface area contributed by atoms with E-state index in [1.165, 1.54) is 4.90 Å². The lowest BCUT2D eigenvalue weighted by atomic mass is 9.91. The third kappa shape index (κ3) is 3.93. The van der Waals surface area contributed by atoms with Gasteiger partial charge in [-0.2, -0.15) is 0 Å². The molecule has 3 rings (SSSR count). The Bertz CT molecular complexity index is 789. The van der Waals surface area contributed by atoms with Gasteiger partial charge in [-0.3, -0.25) is 9.59 Å². The van der Waals surface area contributed by atoms with Crippen molar-refractivity contribution in [1.29, 1.82) is 0 Å². The minimum Gasteiger partial charge on any atom is -0.350 e. The quantitative estimate of drug-likeness (QED) is 0.793. The second-order valence-corrected chi connectivity index (χ2v) is 7.31. The fourth-order valence-electron chi connectivity index (χ4n) is 3.35. The molecule has 0 saturated heterocycles. The minimum absolute atomic E-state index is 0.0232. The molecule has 1 heterocycles. The van der Waals surface area contributed by atoms with Gasteiger partial charge in [0.2, 0.25) is 11.8 Å². The SMILES string of the molecule is CCCN1C(=O)Cc2ccccc2[C@H]1C(=O)NCc1ccc(SC)cc1. The van der Waals surface area contributed by atoms with E-state index in [4.69, 9.17) is 0 Å². The van der Waals surface area contributed by atoms with Gasteiger partial charge in [0.25, 0.3) is 0 Å². The molecule has 1 N–H and O–H groups in total. The molecule has 0 unspecified atom stereocenters. The summed E-state index contributed by atoms with van der Waals surface area (Å²) in [5, 5.41) is 3.02. The number of rotatable bonds is 6. The topological polar surface area (TPSA) is 49.4 Å².